The van der Waals surface area contributed by atoms with Crippen molar-refractivity contribution in [3.8, 4) is 5.75 Å². The van der Waals surface area contributed by atoms with Crippen LogP contribution in [0.1, 0.15) is 44.2 Å². The van der Waals surface area contributed by atoms with E-state index in [-0.39, 0.29) is 23.1 Å². The number of methoxy groups -OCH3 is 1. The quantitative estimate of drug-likeness (QED) is 0.0990. The van der Waals surface area contributed by atoms with E-state index in [1.165, 1.54) is 52.6 Å². The maximum Gasteiger partial charge on any atom is 0.250 e. The SMILES string of the molecule is COc1cc(N(C)CCN2CCCCC2)c(C=CC(=O)NC=O)cc1Nc1ncnc(NNc2cc(F)c(F)cc2C(C)(C)O)n1. The molecule has 0 bridgehead atoms. The summed E-state index contributed by atoms with van der Waals surface area (Å²) in [5.74, 6) is -2.15. The zero-order chi connectivity index (χ0) is 33.3. The molecule has 46 heavy (non-hydrogen) atoms. The largest absolute Gasteiger partial charge is 0.494 e. The van der Waals surface area contributed by atoms with Crippen LogP contribution in [-0.4, -0.2) is 77.6 Å². The maximum atomic E-state index is 14.0. The van der Waals surface area contributed by atoms with Crippen molar-refractivity contribution in [2.75, 3.05) is 61.4 Å². The van der Waals surface area contributed by atoms with Crippen molar-refractivity contribution in [3.05, 3.63) is 59.4 Å². The van der Waals surface area contributed by atoms with Crippen molar-refractivity contribution >= 4 is 47.4 Å². The molecule has 246 valence electrons. The van der Waals surface area contributed by atoms with Gasteiger partial charge < -0.3 is 25.0 Å². The van der Waals surface area contributed by atoms with Crippen molar-refractivity contribution in [2.24, 2.45) is 0 Å². The number of carbonyl (C=O) groups is 2. The van der Waals surface area contributed by atoms with E-state index in [1.54, 1.807) is 12.1 Å². The first-order valence-electron chi connectivity index (χ1n) is 14.8. The Balaban J connectivity index is 1.58. The highest BCUT2D eigenvalue weighted by atomic mass is 19.2. The van der Waals surface area contributed by atoms with Gasteiger partial charge in [-0.25, -0.2) is 13.8 Å². The molecule has 0 saturated carbocycles. The number of benzene rings is 2. The number of hydrogen-bond donors (Lipinski definition) is 5. The fourth-order valence-electron chi connectivity index (χ4n) is 5.00. The van der Waals surface area contributed by atoms with Crippen molar-refractivity contribution in [1.29, 1.82) is 0 Å². The summed E-state index contributed by atoms with van der Waals surface area (Å²) in [5, 5.41) is 15.6. The van der Waals surface area contributed by atoms with Gasteiger partial charge in [-0.1, -0.05) is 6.42 Å². The number of piperidine rings is 1. The summed E-state index contributed by atoms with van der Waals surface area (Å²) in [7, 11) is 3.49. The molecule has 13 nitrogen and oxygen atoms in total. The maximum absolute atomic E-state index is 14.0. The molecule has 1 aliphatic heterocycles. The van der Waals surface area contributed by atoms with Crippen LogP contribution < -0.4 is 31.1 Å². The normalized spacial score (nSPS) is 13.7. The summed E-state index contributed by atoms with van der Waals surface area (Å²) in [6.45, 7) is 6.64. The summed E-state index contributed by atoms with van der Waals surface area (Å²) in [5.41, 5.74) is 6.08. The highest BCUT2D eigenvalue weighted by molar-refractivity contribution is 5.98. The van der Waals surface area contributed by atoms with Crippen LogP contribution in [0, 0.1) is 11.6 Å². The number of nitrogens with zero attached hydrogens (tertiary/aromatic N) is 5. The standard InChI is InChI=1S/C31H39F2N9O4/c1-31(2,45)21-15-22(32)23(33)16-24(21)39-40-30-35-18-34-29(38-30)37-25-14-20(8-9-28(44)36-19-43)26(17-27(25)46-4)41(3)12-13-42-10-6-5-7-11-42/h8-9,14-19,39,45H,5-7,10-13H2,1-4H3,(H,36,43,44)(H2,34,35,37,38,40). The molecule has 5 N–H and O–H groups in total. The monoisotopic (exact) mass is 639 g/mol. The minimum absolute atomic E-state index is 0.0302. The zero-order valence-corrected chi connectivity index (χ0v) is 26.2. The Kier molecular flexibility index (Phi) is 11.4. The highest BCUT2D eigenvalue weighted by Gasteiger charge is 2.23. The van der Waals surface area contributed by atoms with E-state index in [2.05, 4.69) is 46.2 Å². The first kappa shape index (κ1) is 34.0. The number of likely N-dealkylation sites (tertiary alicyclic amines) is 1. The fourth-order valence-corrected chi connectivity index (χ4v) is 5.00. The summed E-state index contributed by atoms with van der Waals surface area (Å²) >= 11 is 0. The van der Waals surface area contributed by atoms with Gasteiger partial charge in [0.1, 0.15) is 12.1 Å². The molecule has 15 heteroatoms. The van der Waals surface area contributed by atoms with Gasteiger partial charge in [0.15, 0.2) is 11.6 Å². The van der Waals surface area contributed by atoms with Crippen LogP contribution in [0.4, 0.5) is 37.7 Å². The van der Waals surface area contributed by atoms with Crippen molar-refractivity contribution < 1.29 is 28.2 Å². The predicted octanol–water partition coefficient (Wildman–Crippen LogP) is 3.78. The van der Waals surface area contributed by atoms with E-state index in [1.807, 2.05) is 13.1 Å². The number of hydrogen-bond acceptors (Lipinski definition) is 12. The van der Waals surface area contributed by atoms with Gasteiger partial charge in [-0.15, -0.1) is 0 Å². The summed E-state index contributed by atoms with van der Waals surface area (Å²) in [6, 6.07) is 5.42. The van der Waals surface area contributed by atoms with Gasteiger partial charge in [-0.2, -0.15) is 9.97 Å². The molecule has 2 aromatic carbocycles. The van der Waals surface area contributed by atoms with Crippen LogP contribution in [0.5, 0.6) is 5.75 Å². The van der Waals surface area contributed by atoms with Gasteiger partial charge in [0.25, 0.3) is 0 Å². The smallest absolute Gasteiger partial charge is 0.250 e. The molecule has 1 aliphatic rings. The molecule has 0 radical (unpaired) electrons. The number of halogens is 2. The highest BCUT2D eigenvalue weighted by Crippen LogP contribution is 2.36. The number of amides is 2. The predicted molar refractivity (Wildman–Crippen MR) is 172 cm³/mol. The molecule has 2 heterocycles. The average molecular weight is 640 g/mol. The number of likely N-dealkylation sites (N-methyl/N-ethyl adjacent to an activating group) is 1. The molecule has 2 amide bonds. The number of imide groups is 1. The average Bonchev–Trinajstić information content (AvgIpc) is 3.03. The Hall–Kier alpha value is -4.89. The lowest BCUT2D eigenvalue weighted by Gasteiger charge is -2.30. The van der Waals surface area contributed by atoms with Crippen LogP contribution in [0.3, 0.4) is 0 Å². The second kappa shape index (κ2) is 15.4. The molecule has 0 atom stereocenters. The molecule has 4 rings (SSSR count). The van der Waals surface area contributed by atoms with E-state index in [0.29, 0.717) is 23.4 Å². The Morgan fingerprint density at radius 1 is 1.07 bits per heavy atom. The number of rotatable bonds is 14. The second-order valence-corrected chi connectivity index (χ2v) is 11.3. The van der Waals surface area contributed by atoms with Gasteiger partial charge in [-0.3, -0.25) is 25.8 Å². The van der Waals surface area contributed by atoms with Crippen molar-refractivity contribution in [1.82, 2.24) is 25.2 Å². The topological polar surface area (TPSA) is 157 Å². The minimum atomic E-state index is -1.48. The molecule has 0 unspecified atom stereocenters. The Bertz CT molecular complexity index is 1560. The van der Waals surface area contributed by atoms with Gasteiger partial charge in [-0.05, 0) is 58.0 Å². The number of aromatic nitrogens is 3. The number of ether oxygens (including phenoxy) is 1. The summed E-state index contributed by atoms with van der Waals surface area (Å²) in [4.78, 5) is 39.9. The van der Waals surface area contributed by atoms with E-state index in [9.17, 15) is 23.5 Å². The summed E-state index contributed by atoms with van der Waals surface area (Å²) in [6.07, 6.45) is 8.05. The van der Waals surface area contributed by atoms with E-state index < -0.39 is 23.1 Å². The molecule has 1 fully saturated rings. The van der Waals surface area contributed by atoms with Crippen molar-refractivity contribution in [2.45, 2.75) is 38.7 Å². The van der Waals surface area contributed by atoms with Crippen LogP contribution in [0.15, 0.2) is 36.7 Å². The second-order valence-electron chi connectivity index (χ2n) is 11.3. The first-order chi connectivity index (χ1) is 22.0. The summed E-state index contributed by atoms with van der Waals surface area (Å²) < 4.78 is 33.6. The lowest BCUT2D eigenvalue weighted by molar-refractivity contribution is -0.121. The minimum Gasteiger partial charge on any atom is -0.494 e. The number of aliphatic hydroxyl groups is 1. The third-order valence-electron chi connectivity index (χ3n) is 7.42. The Labute approximate surface area is 266 Å². The van der Waals surface area contributed by atoms with Gasteiger partial charge >= 0.3 is 0 Å². The Morgan fingerprint density at radius 3 is 2.48 bits per heavy atom. The molecule has 3 aromatic rings. The number of carbonyl (C=O) groups excluding carboxylic acids is 2. The van der Waals surface area contributed by atoms with Gasteiger partial charge in [0.05, 0.1) is 24.1 Å². The van der Waals surface area contributed by atoms with Crippen LogP contribution in [0.2, 0.25) is 0 Å². The lowest BCUT2D eigenvalue weighted by atomic mass is 9.96. The van der Waals surface area contributed by atoms with Gasteiger partial charge in [0, 0.05) is 55.2 Å². The van der Waals surface area contributed by atoms with Crippen LogP contribution >= 0.6 is 0 Å². The molecular weight excluding hydrogens is 600 g/mol. The van der Waals surface area contributed by atoms with Gasteiger partial charge in [0.2, 0.25) is 24.2 Å². The number of hydrazine groups is 1. The lowest BCUT2D eigenvalue weighted by Crippen LogP contribution is -2.36. The molecule has 1 aromatic heterocycles. The van der Waals surface area contributed by atoms with Crippen LogP contribution in [-0.2, 0) is 15.2 Å². The van der Waals surface area contributed by atoms with E-state index >= 15 is 0 Å². The molecule has 1 saturated heterocycles. The molecular formula is C31H39F2N9O4. The first-order valence-corrected chi connectivity index (χ1v) is 14.8. The van der Waals surface area contributed by atoms with E-state index in [4.69, 9.17) is 4.74 Å². The fraction of sp³-hybridized carbons (Fsp3) is 0.387. The Morgan fingerprint density at radius 2 is 1.78 bits per heavy atom. The zero-order valence-electron chi connectivity index (χ0n) is 26.2. The molecule has 0 aliphatic carbocycles. The number of nitrogens with one attached hydrogen (secondary N) is 4. The van der Waals surface area contributed by atoms with E-state index in [0.717, 1.165) is 44.0 Å². The van der Waals surface area contributed by atoms with Crippen LogP contribution in [0.25, 0.3) is 6.08 Å². The number of anilines is 5. The third-order valence-corrected chi connectivity index (χ3v) is 7.42. The molecule has 0 spiro atoms. The third kappa shape index (κ3) is 9.08. The van der Waals surface area contributed by atoms with Crippen molar-refractivity contribution in [3.63, 3.8) is 0 Å².